The van der Waals surface area contributed by atoms with E-state index in [9.17, 15) is 0 Å². The molecular weight excluding hydrogens is 286 g/mol. The van der Waals surface area contributed by atoms with Crippen molar-refractivity contribution in [2.75, 3.05) is 5.73 Å². The summed E-state index contributed by atoms with van der Waals surface area (Å²) >= 11 is 1.30. The third-order valence-corrected chi connectivity index (χ3v) is 3.91. The van der Waals surface area contributed by atoms with Crippen LogP contribution in [0.15, 0.2) is 42.5 Å². The number of nitrogen functional groups attached to an aromatic ring is 1. The second-order valence-electron chi connectivity index (χ2n) is 4.52. The monoisotopic (exact) mass is 297 g/mol. The van der Waals surface area contributed by atoms with Crippen LogP contribution in [0.5, 0.6) is 5.75 Å². The number of rotatable bonds is 3. The lowest BCUT2D eigenvalue weighted by molar-refractivity contribution is 0.296. The Morgan fingerprint density at radius 1 is 1.10 bits per heavy atom. The molecule has 0 unspecified atom stereocenters. The molecule has 2 aromatic heterocycles. The molecule has 0 radical (unpaired) electrons. The number of hydrogen-bond donors (Lipinski definition) is 1. The number of nitrogens with zero attached hydrogens (tertiary/aromatic N) is 4. The quantitative estimate of drug-likeness (QED) is 0.628. The second-order valence-corrected chi connectivity index (χ2v) is 5.50. The normalized spacial score (nSPS) is 11.2. The van der Waals surface area contributed by atoms with E-state index in [1.54, 1.807) is 4.52 Å². The third-order valence-electron chi connectivity index (χ3n) is 3.18. The van der Waals surface area contributed by atoms with Crippen LogP contribution in [0.4, 0.5) is 5.13 Å². The van der Waals surface area contributed by atoms with E-state index in [4.69, 9.17) is 10.5 Å². The van der Waals surface area contributed by atoms with Gasteiger partial charge in [-0.1, -0.05) is 47.7 Å². The van der Waals surface area contributed by atoms with E-state index in [0.29, 0.717) is 22.5 Å². The molecule has 0 saturated heterocycles. The number of anilines is 1. The first-order valence-electron chi connectivity index (χ1n) is 6.38. The van der Waals surface area contributed by atoms with Crippen LogP contribution in [0.1, 0.15) is 5.82 Å². The molecule has 6 nitrogen and oxygen atoms in total. The number of nitrogens with two attached hydrogens (primary N) is 1. The minimum absolute atomic E-state index is 0.290. The maximum absolute atomic E-state index is 5.88. The number of aromatic nitrogens is 4. The fraction of sp³-hybridized carbons (Fsp3) is 0.0714. The van der Waals surface area contributed by atoms with E-state index in [1.165, 1.54) is 11.3 Å². The molecular formula is C14H11N5OS. The van der Waals surface area contributed by atoms with Gasteiger partial charge in [-0.2, -0.15) is 4.52 Å². The summed E-state index contributed by atoms with van der Waals surface area (Å²) in [6.07, 6.45) is 0. The fourth-order valence-electron chi connectivity index (χ4n) is 2.23. The Bertz CT molecular complexity index is 924. The molecule has 0 atom stereocenters. The summed E-state index contributed by atoms with van der Waals surface area (Å²) in [7, 11) is 0. The van der Waals surface area contributed by atoms with Gasteiger partial charge in [0.15, 0.2) is 5.82 Å². The van der Waals surface area contributed by atoms with Gasteiger partial charge in [-0.15, -0.1) is 15.3 Å². The van der Waals surface area contributed by atoms with Crippen molar-refractivity contribution in [3.05, 3.63) is 48.3 Å². The predicted octanol–water partition coefficient (Wildman–Crippen LogP) is 2.50. The fourth-order valence-corrected chi connectivity index (χ4v) is 2.85. The Morgan fingerprint density at radius 3 is 2.90 bits per heavy atom. The van der Waals surface area contributed by atoms with Crippen molar-refractivity contribution in [3.8, 4) is 5.75 Å². The highest BCUT2D eigenvalue weighted by Gasteiger charge is 2.11. The summed E-state index contributed by atoms with van der Waals surface area (Å²) in [5.74, 6) is 1.44. The van der Waals surface area contributed by atoms with Crippen LogP contribution in [-0.2, 0) is 6.61 Å². The number of ether oxygens (including phenoxy) is 1. The van der Waals surface area contributed by atoms with Crippen LogP contribution >= 0.6 is 11.3 Å². The average Bonchev–Trinajstić information content (AvgIpc) is 3.04. The lowest BCUT2D eigenvalue weighted by atomic mass is 10.1. The first-order chi connectivity index (χ1) is 10.3. The van der Waals surface area contributed by atoms with Crippen molar-refractivity contribution in [2.45, 2.75) is 6.61 Å². The maximum atomic E-state index is 5.88. The lowest BCUT2D eigenvalue weighted by Gasteiger charge is -2.07. The van der Waals surface area contributed by atoms with Crippen LogP contribution in [0.3, 0.4) is 0 Å². The van der Waals surface area contributed by atoms with Crippen LogP contribution in [0, 0.1) is 0 Å². The molecule has 2 aromatic carbocycles. The third kappa shape index (κ3) is 2.07. The molecule has 2 heterocycles. The van der Waals surface area contributed by atoms with Gasteiger partial charge < -0.3 is 10.5 Å². The summed E-state index contributed by atoms with van der Waals surface area (Å²) in [6.45, 7) is 0.290. The van der Waals surface area contributed by atoms with Gasteiger partial charge in [0.25, 0.3) is 0 Å². The molecule has 4 aromatic rings. The minimum Gasteiger partial charge on any atom is -0.485 e. The summed E-state index contributed by atoms with van der Waals surface area (Å²) in [6, 6.07) is 14.0. The molecule has 0 aliphatic rings. The average molecular weight is 297 g/mol. The molecule has 0 saturated carbocycles. The topological polar surface area (TPSA) is 78.3 Å². The smallest absolute Gasteiger partial charge is 0.236 e. The second kappa shape index (κ2) is 4.71. The van der Waals surface area contributed by atoms with Crippen LogP contribution < -0.4 is 10.5 Å². The van der Waals surface area contributed by atoms with Crippen molar-refractivity contribution in [1.29, 1.82) is 0 Å². The van der Waals surface area contributed by atoms with E-state index in [0.717, 1.165) is 16.5 Å². The Labute approximate surface area is 123 Å². The predicted molar refractivity (Wildman–Crippen MR) is 81.4 cm³/mol. The zero-order valence-electron chi connectivity index (χ0n) is 10.9. The molecule has 0 aliphatic carbocycles. The maximum Gasteiger partial charge on any atom is 0.236 e. The van der Waals surface area contributed by atoms with Gasteiger partial charge in [-0.3, -0.25) is 0 Å². The zero-order valence-corrected chi connectivity index (χ0v) is 11.7. The van der Waals surface area contributed by atoms with Gasteiger partial charge in [0.2, 0.25) is 10.1 Å². The van der Waals surface area contributed by atoms with Gasteiger partial charge in [0, 0.05) is 5.39 Å². The minimum atomic E-state index is 0.290. The summed E-state index contributed by atoms with van der Waals surface area (Å²) in [4.78, 5) is 0.670. The van der Waals surface area contributed by atoms with E-state index in [1.807, 2.05) is 30.3 Å². The lowest BCUT2D eigenvalue weighted by Crippen LogP contribution is -2.03. The first kappa shape index (κ1) is 12.1. The number of benzene rings is 2. The largest absolute Gasteiger partial charge is 0.485 e. The summed E-state index contributed by atoms with van der Waals surface area (Å²) in [5.41, 5.74) is 5.66. The molecule has 21 heavy (non-hydrogen) atoms. The Hall–Kier alpha value is -2.67. The highest BCUT2D eigenvalue weighted by Crippen LogP contribution is 2.26. The molecule has 0 spiro atoms. The number of fused-ring (bicyclic) bond motifs is 2. The Kier molecular flexibility index (Phi) is 2.71. The van der Waals surface area contributed by atoms with Crippen molar-refractivity contribution >= 4 is 32.2 Å². The SMILES string of the molecule is Nc1nn2c(COc3cccc4ccccc34)nnc2s1. The van der Waals surface area contributed by atoms with Crippen molar-refractivity contribution in [1.82, 2.24) is 19.8 Å². The van der Waals surface area contributed by atoms with Crippen molar-refractivity contribution in [2.24, 2.45) is 0 Å². The van der Waals surface area contributed by atoms with E-state index < -0.39 is 0 Å². The van der Waals surface area contributed by atoms with E-state index in [2.05, 4.69) is 27.4 Å². The van der Waals surface area contributed by atoms with Crippen molar-refractivity contribution < 1.29 is 4.74 Å². The molecule has 7 heteroatoms. The van der Waals surface area contributed by atoms with Crippen LogP contribution in [0.25, 0.3) is 15.7 Å². The van der Waals surface area contributed by atoms with Gasteiger partial charge in [0.05, 0.1) is 0 Å². The van der Waals surface area contributed by atoms with Gasteiger partial charge >= 0.3 is 0 Å². The zero-order chi connectivity index (χ0) is 14.2. The molecule has 0 fully saturated rings. The van der Waals surface area contributed by atoms with Crippen LogP contribution in [-0.4, -0.2) is 19.8 Å². The van der Waals surface area contributed by atoms with Crippen LogP contribution in [0.2, 0.25) is 0 Å². The molecule has 104 valence electrons. The highest BCUT2D eigenvalue weighted by molar-refractivity contribution is 7.20. The Balaban J connectivity index is 1.66. The summed E-state index contributed by atoms with van der Waals surface area (Å²) in [5, 5.41) is 14.9. The standard InChI is InChI=1S/C14H11N5OS/c15-13-18-19-12(16-17-14(19)21-13)8-20-11-7-3-5-9-4-1-2-6-10(9)11/h1-7H,8H2,(H2,15,18). The van der Waals surface area contributed by atoms with Gasteiger partial charge in [0.1, 0.15) is 12.4 Å². The van der Waals surface area contributed by atoms with Crippen molar-refractivity contribution in [3.63, 3.8) is 0 Å². The van der Waals surface area contributed by atoms with Gasteiger partial charge in [-0.05, 0) is 11.5 Å². The summed E-state index contributed by atoms with van der Waals surface area (Å²) < 4.78 is 7.50. The molecule has 0 amide bonds. The molecule has 4 rings (SSSR count). The number of hydrogen-bond acceptors (Lipinski definition) is 6. The van der Waals surface area contributed by atoms with E-state index >= 15 is 0 Å². The van der Waals surface area contributed by atoms with E-state index in [-0.39, 0.29) is 0 Å². The van der Waals surface area contributed by atoms with Gasteiger partial charge in [-0.25, -0.2) is 0 Å². The highest BCUT2D eigenvalue weighted by atomic mass is 32.1. The Morgan fingerprint density at radius 2 is 1.95 bits per heavy atom. The molecule has 0 aliphatic heterocycles. The molecule has 0 bridgehead atoms. The first-order valence-corrected chi connectivity index (χ1v) is 7.20. The molecule has 2 N–H and O–H groups in total.